The van der Waals surface area contributed by atoms with E-state index in [2.05, 4.69) is 5.32 Å². The molecule has 3 rings (SSSR count). The van der Waals surface area contributed by atoms with Gasteiger partial charge in [0, 0.05) is 6.04 Å². The van der Waals surface area contributed by atoms with Gasteiger partial charge in [-0.25, -0.2) is 4.79 Å². The van der Waals surface area contributed by atoms with Crippen LogP contribution in [0.4, 0.5) is 50.0 Å². The summed E-state index contributed by atoms with van der Waals surface area (Å²) in [6.07, 6.45) is -17.6. The number of hydrogen-bond acceptors (Lipinski definition) is 2. The van der Waals surface area contributed by atoms with Crippen LogP contribution in [-0.4, -0.2) is 23.1 Å². The van der Waals surface area contributed by atoms with Gasteiger partial charge in [-0.2, -0.15) is 39.5 Å². The molecule has 2 atom stereocenters. The number of nitrogens with one attached hydrogen (secondary N) is 1. The number of anilines is 1. The molecule has 0 fully saturated rings. The first-order chi connectivity index (χ1) is 16.4. The molecule has 0 unspecified atom stereocenters. The third-order valence-electron chi connectivity index (χ3n) is 5.56. The van der Waals surface area contributed by atoms with Crippen molar-refractivity contribution in [1.82, 2.24) is 5.32 Å². The second-order valence-electron chi connectivity index (χ2n) is 8.22. The third-order valence-corrected chi connectivity index (χ3v) is 5.56. The molecule has 1 aliphatic heterocycles. The molecular formula is C22H17F9N2O3. The second-order valence-corrected chi connectivity index (χ2v) is 8.22. The molecule has 14 heteroatoms. The molecule has 1 heterocycles. The Morgan fingerprint density at radius 3 is 1.89 bits per heavy atom. The molecule has 1 aliphatic rings. The summed E-state index contributed by atoms with van der Waals surface area (Å²) in [5, 5.41) is 11.8. The van der Waals surface area contributed by atoms with E-state index in [1.54, 1.807) is 0 Å². The summed E-state index contributed by atoms with van der Waals surface area (Å²) in [4.78, 5) is 25.0. The van der Waals surface area contributed by atoms with Crippen LogP contribution in [0.3, 0.4) is 0 Å². The van der Waals surface area contributed by atoms with Gasteiger partial charge in [0.25, 0.3) is 0 Å². The lowest BCUT2D eigenvalue weighted by Gasteiger charge is -2.38. The van der Waals surface area contributed by atoms with E-state index >= 15 is 0 Å². The Bertz CT molecular complexity index is 1140. The molecule has 36 heavy (non-hydrogen) atoms. The summed E-state index contributed by atoms with van der Waals surface area (Å²) in [6, 6.07) is 0.876. The predicted molar refractivity (Wildman–Crippen MR) is 107 cm³/mol. The zero-order chi connectivity index (χ0) is 27.2. The lowest BCUT2D eigenvalue weighted by Crippen LogP contribution is -2.46. The zero-order valence-corrected chi connectivity index (χ0v) is 18.1. The standard InChI is InChI=1S/C22H17F9N2O3/c1-10-4-16(15-9-12(20(23,24)25)2-3-17(15)33(10)19(35)36)32-18(34)7-11-5-13(21(26,27)28)8-14(6-11)22(29,30)31/h2-3,5-6,8-10,16H,4,7H2,1H3,(H,32,34)(H,35,36)/t10-,16+/m1/s1. The molecule has 0 aliphatic carbocycles. The molecule has 0 saturated carbocycles. The number of carbonyl (C=O) groups is 2. The minimum absolute atomic E-state index is 0.0976. The summed E-state index contributed by atoms with van der Waals surface area (Å²) in [5.41, 5.74) is -5.34. The van der Waals surface area contributed by atoms with Gasteiger partial charge in [0.05, 0.1) is 34.8 Å². The van der Waals surface area contributed by atoms with E-state index in [4.69, 9.17) is 0 Å². The fraction of sp³-hybridized carbons (Fsp3) is 0.364. The number of fused-ring (bicyclic) bond motifs is 1. The van der Waals surface area contributed by atoms with Gasteiger partial charge >= 0.3 is 24.6 Å². The van der Waals surface area contributed by atoms with Crippen molar-refractivity contribution >= 4 is 17.7 Å². The van der Waals surface area contributed by atoms with E-state index < -0.39 is 71.3 Å². The van der Waals surface area contributed by atoms with Crippen LogP contribution in [0.15, 0.2) is 36.4 Å². The fourth-order valence-corrected chi connectivity index (χ4v) is 4.02. The largest absolute Gasteiger partial charge is 0.465 e. The zero-order valence-electron chi connectivity index (χ0n) is 18.1. The molecule has 0 aromatic heterocycles. The van der Waals surface area contributed by atoms with E-state index in [1.807, 2.05) is 0 Å². The Labute approximate surface area is 197 Å². The number of hydrogen-bond donors (Lipinski definition) is 2. The Balaban J connectivity index is 1.95. The number of alkyl halides is 9. The molecular weight excluding hydrogens is 511 g/mol. The Morgan fingerprint density at radius 1 is 0.889 bits per heavy atom. The summed E-state index contributed by atoms with van der Waals surface area (Å²) < 4.78 is 118. The van der Waals surface area contributed by atoms with E-state index in [1.165, 1.54) is 6.92 Å². The maximum absolute atomic E-state index is 13.2. The smallest absolute Gasteiger partial charge is 0.416 e. The summed E-state index contributed by atoms with van der Waals surface area (Å²) in [5.74, 6) is -1.06. The van der Waals surface area contributed by atoms with Crippen molar-refractivity contribution in [2.24, 2.45) is 0 Å². The Morgan fingerprint density at radius 2 is 1.42 bits per heavy atom. The first kappa shape index (κ1) is 27.1. The van der Waals surface area contributed by atoms with Crippen LogP contribution in [0.2, 0.25) is 0 Å². The van der Waals surface area contributed by atoms with Crippen LogP contribution in [0, 0.1) is 0 Å². The maximum atomic E-state index is 13.2. The van der Waals surface area contributed by atoms with Gasteiger partial charge in [0.2, 0.25) is 5.91 Å². The topological polar surface area (TPSA) is 69.6 Å². The lowest BCUT2D eigenvalue weighted by atomic mass is 9.90. The number of halogens is 9. The van der Waals surface area contributed by atoms with Gasteiger partial charge in [-0.15, -0.1) is 0 Å². The number of carbonyl (C=O) groups excluding carboxylic acids is 1. The molecule has 196 valence electrons. The fourth-order valence-electron chi connectivity index (χ4n) is 4.02. The second kappa shape index (κ2) is 9.21. The van der Waals surface area contributed by atoms with Gasteiger partial charge in [-0.05, 0) is 60.9 Å². The van der Waals surface area contributed by atoms with Crippen molar-refractivity contribution < 1.29 is 54.2 Å². The molecule has 0 radical (unpaired) electrons. The molecule has 2 aromatic rings. The van der Waals surface area contributed by atoms with Gasteiger partial charge in [0.1, 0.15) is 0 Å². The summed E-state index contributed by atoms with van der Waals surface area (Å²) >= 11 is 0. The molecule has 0 saturated heterocycles. The van der Waals surface area contributed by atoms with Crippen LogP contribution < -0.4 is 10.2 Å². The highest BCUT2D eigenvalue weighted by Crippen LogP contribution is 2.41. The highest BCUT2D eigenvalue weighted by Gasteiger charge is 2.39. The number of amides is 2. The molecule has 2 N–H and O–H groups in total. The van der Waals surface area contributed by atoms with Gasteiger partial charge in [0.15, 0.2) is 0 Å². The number of rotatable bonds is 3. The van der Waals surface area contributed by atoms with Gasteiger partial charge in [-0.1, -0.05) is 0 Å². The van der Waals surface area contributed by atoms with Gasteiger partial charge < -0.3 is 10.4 Å². The Hall–Kier alpha value is -3.45. The van der Waals surface area contributed by atoms with Crippen LogP contribution in [0.25, 0.3) is 0 Å². The van der Waals surface area contributed by atoms with E-state index in [0.29, 0.717) is 24.3 Å². The minimum atomic E-state index is -5.13. The highest BCUT2D eigenvalue weighted by molar-refractivity contribution is 5.89. The quantitative estimate of drug-likeness (QED) is 0.452. The SMILES string of the molecule is C[C@@H]1C[C@H](NC(=O)Cc2cc(C(F)(F)F)cc(C(F)(F)F)c2)c2cc(C(F)(F)F)ccc2N1C(=O)O. The molecule has 5 nitrogen and oxygen atoms in total. The van der Waals surface area contributed by atoms with E-state index in [0.717, 1.165) is 11.0 Å². The van der Waals surface area contributed by atoms with Crippen LogP contribution in [0.5, 0.6) is 0 Å². The average Bonchev–Trinajstić information content (AvgIpc) is 2.70. The number of benzene rings is 2. The van der Waals surface area contributed by atoms with Crippen LogP contribution >= 0.6 is 0 Å². The van der Waals surface area contributed by atoms with E-state index in [-0.39, 0.29) is 23.7 Å². The molecule has 0 spiro atoms. The minimum Gasteiger partial charge on any atom is -0.465 e. The molecule has 2 amide bonds. The molecule has 2 aromatic carbocycles. The lowest BCUT2D eigenvalue weighted by molar-refractivity contribution is -0.143. The van der Waals surface area contributed by atoms with Gasteiger partial charge in [-0.3, -0.25) is 9.69 Å². The third kappa shape index (κ3) is 5.85. The molecule has 0 bridgehead atoms. The first-order valence-corrected chi connectivity index (χ1v) is 10.2. The van der Waals surface area contributed by atoms with Crippen LogP contribution in [0.1, 0.15) is 47.2 Å². The summed E-state index contributed by atoms with van der Waals surface area (Å²) in [6.45, 7) is 1.43. The monoisotopic (exact) mass is 528 g/mol. The Kier molecular flexibility index (Phi) is 6.94. The van der Waals surface area contributed by atoms with Crippen molar-refractivity contribution in [3.05, 3.63) is 64.2 Å². The number of carboxylic acid groups (broad SMARTS) is 1. The van der Waals surface area contributed by atoms with Crippen molar-refractivity contribution in [2.45, 2.75) is 50.4 Å². The van der Waals surface area contributed by atoms with Crippen molar-refractivity contribution in [3.63, 3.8) is 0 Å². The van der Waals surface area contributed by atoms with Crippen molar-refractivity contribution in [2.75, 3.05) is 4.90 Å². The van der Waals surface area contributed by atoms with Crippen molar-refractivity contribution in [3.8, 4) is 0 Å². The van der Waals surface area contributed by atoms with E-state index in [9.17, 15) is 54.2 Å². The summed E-state index contributed by atoms with van der Waals surface area (Å²) in [7, 11) is 0. The average molecular weight is 528 g/mol. The number of nitrogens with zero attached hydrogens (tertiary/aromatic N) is 1. The maximum Gasteiger partial charge on any atom is 0.416 e. The van der Waals surface area contributed by atoms with Crippen LogP contribution in [-0.2, 0) is 29.7 Å². The first-order valence-electron chi connectivity index (χ1n) is 10.2. The highest BCUT2D eigenvalue weighted by atomic mass is 19.4. The predicted octanol–water partition coefficient (Wildman–Crippen LogP) is 6.42. The normalized spacial score (nSPS) is 18.6. The van der Waals surface area contributed by atoms with Crippen molar-refractivity contribution in [1.29, 1.82) is 0 Å².